The number of esters is 1. The van der Waals surface area contributed by atoms with E-state index in [0.29, 0.717) is 57.9 Å². The van der Waals surface area contributed by atoms with Gasteiger partial charge in [-0.2, -0.15) is 4.98 Å². The normalized spacial score (nSPS) is 14.5. The average molecular weight is 678 g/mol. The third kappa shape index (κ3) is 7.82. The molecule has 0 saturated heterocycles. The summed E-state index contributed by atoms with van der Waals surface area (Å²) in [6, 6.07) is 11.0. The van der Waals surface area contributed by atoms with Gasteiger partial charge in [0.1, 0.15) is 6.04 Å². The summed E-state index contributed by atoms with van der Waals surface area (Å²) in [6.45, 7) is 10.7. The molecule has 4 rings (SSSR count). The summed E-state index contributed by atoms with van der Waals surface area (Å²) in [5.74, 6) is 1.96. The van der Waals surface area contributed by atoms with E-state index >= 15 is 0 Å². The quantitative estimate of drug-likeness (QED) is 0.103. The zero-order chi connectivity index (χ0) is 30.2. The number of rotatable bonds is 14. The van der Waals surface area contributed by atoms with Gasteiger partial charge in [0.15, 0.2) is 11.5 Å². The Morgan fingerprint density at radius 1 is 1.17 bits per heavy atom. The molecule has 42 heavy (non-hydrogen) atoms. The van der Waals surface area contributed by atoms with Crippen LogP contribution < -0.4 is 14.8 Å². The molecule has 1 atom stereocenters. The first-order valence-electron chi connectivity index (χ1n) is 14.3. The third-order valence-electron chi connectivity index (χ3n) is 6.60. The van der Waals surface area contributed by atoms with Crippen LogP contribution in [0, 0.1) is 0 Å². The minimum atomic E-state index is -0.608. The van der Waals surface area contributed by atoms with Gasteiger partial charge in [0.25, 0.3) is 0 Å². The first-order chi connectivity index (χ1) is 20.2. The molecule has 0 amide bonds. The summed E-state index contributed by atoms with van der Waals surface area (Å²) in [4.78, 5) is 18.2. The van der Waals surface area contributed by atoms with E-state index < -0.39 is 12.0 Å². The number of halogens is 2. The molecule has 8 nitrogen and oxygen atoms in total. The van der Waals surface area contributed by atoms with E-state index in [9.17, 15) is 4.79 Å². The fourth-order valence-electron chi connectivity index (χ4n) is 4.65. The van der Waals surface area contributed by atoms with Crippen molar-refractivity contribution >= 4 is 51.2 Å². The SMILES string of the molecule is CCCCCCOc1c(Br)cc(C2C(C(=O)OC(C)C)=C(C)Nc3nc(SCc4ccccc4Cl)nn32)cc1OCC. The summed E-state index contributed by atoms with van der Waals surface area (Å²) >= 11 is 11.6. The molecule has 1 unspecified atom stereocenters. The predicted molar refractivity (Wildman–Crippen MR) is 172 cm³/mol. The predicted octanol–water partition coefficient (Wildman–Crippen LogP) is 8.58. The molecule has 0 fully saturated rings. The monoisotopic (exact) mass is 676 g/mol. The summed E-state index contributed by atoms with van der Waals surface area (Å²) in [5.41, 5.74) is 2.88. The number of nitrogens with zero attached hydrogens (tertiary/aromatic N) is 3. The van der Waals surface area contributed by atoms with Crippen molar-refractivity contribution in [3.8, 4) is 11.5 Å². The Hall–Kier alpha value is -2.69. The van der Waals surface area contributed by atoms with Crippen molar-refractivity contribution in [2.24, 2.45) is 0 Å². The summed E-state index contributed by atoms with van der Waals surface area (Å²) in [5, 5.41) is 9.36. The molecule has 1 aliphatic rings. The maximum atomic E-state index is 13.5. The van der Waals surface area contributed by atoms with Crippen molar-refractivity contribution in [2.75, 3.05) is 18.5 Å². The molecular formula is C31H38BrClN4O4S. The van der Waals surface area contributed by atoms with Crippen molar-refractivity contribution in [1.82, 2.24) is 14.8 Å². The average Bonchev–Trinajstić information content (AvgIpc) is 3.34. The van der Waals surface area contributed by atoms with Crippen LogP contribution in [0.4, 0.5) is 5.95 Å². The fourth-order valence-corrected chi connectivity index (χ4v) is 6.34. The third-order valence-corrected chi connectivity index (χ3v) is 8.45. The number of allylic oxidation sites excluding steroid dienone is 1. The number of aromatic nitrogens is 3. The number of fused-ring (bicyclic) bond motifs is 1. The minimum absolute atomic E-state index is 0.286. The lowest BCUT2D eigenvalue weighted by molar-refractivity contribution is -0.143. The van der Waals surface area contributed by atoms with Gasteiger partial charge in [0.2, 0.25) is 11.1 Å². The van der Waals surface area contributed by atoms with Gasteiger partial charge in [-0.3, -0.25) is 0 Å². The second-order valence-corrected chi connectivity index (χ2v) is 12.4. The maximum Gasteiger partial charge on any atom is 0.338 e. The van der Waals surface area contributed by atoms with Crippen LogP contribution in [0.5, 0.6) is 11.5 Å². The molecule has 2 heterocycles. The van der Waals surface area contributed by atoms with E-state index in [1.165, 1.54) is 18.2 Å². The smallest absolute Gasteiger partial charge is 0.338 e. The van der Waals surface area contributed by atoms with Crippen LogP contribution in [0.15, 0.2) is 57.3 Å². The molecule has 1 N–H and O–H groups in total. The van der Waals surface area contributed by atoms with Gasteiger partial charge in [0, 0.05) is 16.5 Å². The molecule has 11 heteroatoms. The highest BCUT2D eigenvalue weighted by Crippen LogP contribution is 2.43. The first-order valence-corrected chi connectivity index (χ1v) is 16.5. The van der Waals surface area contributed by atoms with E-state index in [1.54, 1.807) is 4.68 Å². The molecular weight excluding hydrogens is 640 g/mol. The first kappa shape index (κ1) is 32.2. The lowest BCUT2D eigenvalue weighted by Gasteiger charge is -2.29. The van der Waals surface area contributed by atoms with Crippen LogP contribution in [0.2, 0.25) is 5.02 Å². The summed E-state index contributed by atoms with van der Waals surface area (Å²) < 4.78 is 20.4. The molecule has 0 bridgehead atoms. The van der Waals surface area contributed by atoms with Gasteiger partial charge in [0.05, 0.1) is 29.4 Å². The number of benzene rings is 2. The molecule has 1 aliphatic heterocycles. The Kier molecular flexibility index (Phi) is 11.6. The number of nitrogens with one attached hydrogen (secondary N) is 1. The Labute approximate surface area is 265 Å². The maximum absolute atomic E-state index is 13.5. The van der Waals surface area contributed by atoms with Crippen LogP contribution in [-0.2, 0) is 15.3 Å². The van der Waals surface area contributed by atoms with Gasteiger partial charge in [-0.15, -0.1) is 5.10 Å². The van der Waals surface area contributed by atoms with Gasteiger partial charge in [-0.25, -0.2) is 9.48 Å². The minimum Gasteiger partial charge on any atom is -0.490 e. The number of carbonyl (C=O) groups excluding carboxylic acids is 1. The second kappa shape index (κ2) is 15.2. The van der Waals surface area contributed by atoms with E-state index in [2.05, 4.69) is 28.2 Å². The molecule has 3 aromatic rings. The number of hydrogen-bond acceptors (Lipinski definition) is 8. The molecule has 0 radical (unpaired) electrons. The summed E-state index contributed by atoms with van der Waals surface area (Å²) in [7, 11) is 0. The molecule has 0 spiro atoms. The number of ether oxygens (including phenoxy) is 3. The summed E-state index contributed by atoms with van der Waals surface area (Å²) in [6.07, 6.45) is 4.13. The zero-order valence-electron chi connectivity index (χ0n) is 24.7. The highest BCUT2D eigenvalue weighted by molar-refractivity contribution is 9.10. The van der Waals surface area contributed by atoms with Gasteiger partial charge >= 0.3 is 5.97 Å². The Balaban J connectivity index is 1.72. The standard InChI is InChI=1S/C31H38BrClN4O4S/c1-6-8-9-12-15-40-28-23(32)16-22(17-25(28)39-7-2)27-26(29(38)41-19(3)4)20(5)34-30-35-31(36-37(27)30)42-18-21-13-10-11-14-24(21)33/h10-11,13-14,16-17,19,27H,6-9,12,15,18H2,1-5H3,(H,34,35,36). The van der Waals surface area contributed by atoms with E-state index in [-0.39, 0.29) is 6.10 Å². The van der Waals surface area contributed by atoms with E-state index in [4.69, 9.17) is 35.9 Å². The highest BCUT2D eigenvalue weighted by atomic mass is 79.9. The van der Waals surface area contributed by atoms with Crippen molar-refractivity contribution in [1.29, 1.82) is 0 Å². The Bertz CT molecular complexity index is 1430. The number of anilines is 1. The van der Waals surface area contributed by atoms with Crippen molar-refractivity contribution in [3.05, 3.63) is 68.3 Å². The van der Waals surface area contributed by atoms with Crippen LogP contribution in [0.25, 0.3) is 0 Å². The van der Waals surface area contributed by atoms with Crippen LogP contribution in [0.1, 0.15) is 77.5 Å². The molecule has 0 aliphatic carbocycles. The molecule has 1 aromatic heterocycles. The lowest BCUT2D eigenvalue weighted by atomic mass is 9.95. The van der Waals surface area contributed by atoms with Crippen LogP contribution in [0.3, 0.4) is 0 Å². The molecule has 0 saturated carbocycles. The van der Waals surface area contributed by atoms with Crippen molar-refractivity contribution in [3.63, 3.8) is 0 Å². The molecule has 2 aromatic carbocycles. The Morgan fingerprint density at radius 3 is 2.67 bits per heavy atom. The van der Waals surface area contributed by atoms with Crippen molar-refractivity contribution < 1.29 is 19.0 Å². The second-order valence-electron chi connectivity index (χ2n) is 10.2. The fraction of sp³-hybridized carbons (Fsp3) is 0.452. The lowest BCUT2D eigenvalue weighted by Crippen LogP contribution is -2.30. The molecule has 226 valence electrons. The van der Waals surface area contributed by atoms with Gasteiger partial charge in [-0.1, -0.05) is 67.7 Å². The van der Waals surface area contributed by atoms with Crippen molar-refractivity contribution in [2.45, 2.75) is 83.4 Å². The van der Waals surface area contributed by atoms with Crippen LogP contribution >= 0.6 is 39.3 Å². The largest absolute Gasteiger partial charge is 0.490 e. The van der Waals surface area contributed by atoms with Crippen LogP contribution in [-0.4, -0.2) is 40.1 Å². The van der Waals surface area contributed by atoms with Gasteiger partial charge in [-0.05, 0) is 79.4 Å². The topological polar surface area (TPSA) is 87.5 Å². The number of hydrogen-bond donors (Lipinski definition) is 1. The number of thioether (sulfide) groups is 1. The van der Waals surface area contributed by atoms with E-state index in [1.807, 2.05) is 64.1 Å². The van der Waals surface area contributed by atoms with E-state index in [0.717, 1.165) is 34.9 Å². The zero-order valence-corrected chi connectivity index (χ0v) is 27.9. The number of unbranched alkanes of at least 4 members (excludes halogenated alkanes) is 3. The van der Waals surface area contributed by atoms with Gasteiger partial charge < -0.3 is 19.5 Å². The number of carbonyl (C=O) groups is 1. The highest BCUT2D eigenvalue weighted by Gasteiger charge is 2.36. The Morgan fingerprint density at radius 2 is 1.95 bits per heavy atom.